The maximum Gasteiger partial charge on any atom is 0.251 e. The van der Waals surface area contributed by atoms with Crippen LogP contribution in [0.2, 0.25) is 5.02 Å². The number of benzene rings is 1. The van der Waals surface area contributed by atoms with Crippen LogP contribution in [-0.4, -0.2) is 48.3 Å². The minimum atomic E-state index is -0.670. The van der Waals surface area contributed by atoms with E-state index in [4.69, 9.17) is 11.6 Å². The topological polar surface area (TPSA) is 78.5 Å². The third-order valence-electron chi connectivity index (χ3n) is 4.94. The first-order valence-electron chi connectivity index (χ1n) is 10.0. The summed E-state index contributed by atoms with van der Waals surface area (Å²) in [5, 5.41) is 6.11. The van der Waals surface area contributed by atoms with Crippen molar-refractivity contribution in [2.24, 2.45) is 5.92 Å². The predicted molar refractivity (Wildman–Crippen MR) is 110 cm³/mol. The molecule has 6 nitrogen and oxygen atoms in total. The largest absolute Gasteiger partial charge is 0.354 e. The fourth-order valence-electron chi connectivity index (χ4n) is 3.24. The monoisotopic (exact) mass is 407 g/mol. The summed E-state index contributed by atoms with van der Waals surface area (Å²) in [5.41, 5.74) is 0.444. The molecule has 1 unspecified atom stereocenters. The highest BCUT2D eigenvalue weighted by Crippen LogP contribution is 2.12. The fraction of sp³-hybridized carbons (Fsp3) is 0.571. The van der Waals surface area contributed by atoms with Crippen LogP contribution in [0.4, 0.5) is 0 Å². The van der Waals surface area contributed by atoms with E-state index in [1.54, 1.807) is 24.3 Å². The van der Waals surface area contributed by atoms with Crippen molar-refractivity contribution in [2.75, 3.05) is 19.6 Å². The molecule has 1 aromatic carbocycles. The van der Waals surface area contributed by atoms with Gasteiger partial charge in [-0.15, -0.1) is 0 Å². The molecule has 7 heteroatoms. The fourth-order valence-corrected chi connectivity index (χ4v) is 3.37. The standard InChI is InChI=1S/C21H30ClN3O3/c1-15(2)19(24-20(27)16-7-9-17(22)10-8-16)21(28)23-12-11-18(26)25-13-5-3-4-6-14-25/h7-10,15,19H,3-6,11-14H2,1-2H3,(H,23,28)(H,24,27). The highest BCUT2D eigenvalue weighted by atomic mass is 35.5. The van der Waals surface area contributed by atoms with Gasteiger partial charge in [-0.1, -0.05) is 38.3 Å². The highest BCUT2D eigenvalue weighted by Gasteiger charge is 2.25. The molecule has 1 heterocycles. The minimum absolute atomic E-state index is 0.0773. The first-order valence-corrected chi connectivity index (χ1v) is 10.4. The molecule has 0 aliphatic carbocycles. The molecule has 0 aromatic heterocycles. The lowest BCUT2D eigenvalue weighted by Gasteiger charge is -2.23. The average Bonchev–Trinajstić information content (AvgIpc) is 2.95. The summed E-state index contributed by atoms with van der Waals surface area (Å²) in [6.07, 6.45) is 4.71. The molecule has 0 saturated carbocycles. The molecule has 1 saturated heterocycles. The molecule has 154 valence electrons. The smallest absolute Gasteiger partial charge is 0.251 e. The molecular weight excluding hydrogens is 378 g/mol. The molecule has 0 spiro atoms. The summed E-state index contributed by atoms with van der Waals surface area (Å²) in [6, 6.07) is 5.83. The number of hydrogen-bond acceptors (Lipinski definition) is 3. The van der Waals surface area contributed by atoms with Crippen LogP contribution in [0.15, 0.2) is 24.3 Å². The van der Waals surface area contributed by atoms with Crippen LogP contribution in [0.1, 0.15) is 56.3 Å². The van der Waals surface area contributed by atoms with Gasteiger partial charge in [-0.3, -0.25) is 14.4 Å². The predicted octanol–water partition coefficient (Wildman–Crippen LogP) is 3.00. The van der Waals surface area contributed by atoms with Crippen LogP contribution in [0.25, 0.3) is 0 Å². The van der Waals surface area contributed by atoms with Crippen molar-refractivity contribution in [2.45, 2.75) is 52.0 Å². The Kier molecular flexibility index (Phi) is 8.77. The molecule has 1 aliphatic heterocycles. The van der Waals surface area contributed by atoms with Crippen LogP contribution >= 0.6 is 11.6 Å². The Labute approximate surface area is 172 Å². The molecule has 1 aromatic rings. The van der Waals surface area contributed by atoms with Crippen molar-refractivity contribution >= 4 is 29.3 Å². The number of nitrogens with zero attached hydrogens (tertiary/aromatic N) is 1. The number of carbonyl (C=O) groups excluding carboxylic acids is 3. The van der Waals surface area contributed by atoms with Crippen LogP contribution in [0.3, 0.4) is 0 Å². The normalized spacial score (nSPS) is 15.6. The van der Waals surface area contributed by atoms with E-state index >= 15 is 0 Å². The second kappa shape index (κ2) is 11.1. The van der Waals surface area contributed by atoms with Gasteiger partial charge in [0, 0.05) is 36.6 Å². The Morgan fingerprint density at radius 3 is 2.21 bits per heavy atom. The van der Waals surface area contributed by atoms with E-state index in [9.17, 15) is 14.4 Å². The number of hydrogen-bond donors (Lipinski definition) is 2. The third kappa shape index (κ3) is 6.82. The second-order valence-corrected chi connectivity index (χ2v) is 7.97. The molecule has 0 radical (unpaired) electrons. The maximum atomic E-state index is 12.5. The number of rotatable bonds is 7. The SMILES string of the molecule is CC(C)C(NC(=O)c1ccc(Cl)cc1)C(=O)NCCC(=O)N1CCCCCC1. The summed E-state index contributed by atoms with van der Waals surface area (Å²) in [6.45, 7) is 5.62. The van der Waals surface area contributed by atoms with E-state index in [0.717, 1.165) is 25.9 Å². The van der Waals surface area contributed by atoms with E-state index in [2.05, 4.69) is 10.6 Å². The van der Waals surface area contributed by atoms with Crippen molar-refractivity contribution < 1.29 is 14.4 Å². The quantitative estimate of drug-likeness (QED) is 0.729. The zero-order valence-corrected chi connectivity index (χ0v) is 17.4. The highest BCUT2D eigenvalue weighted by molar-refractivity contribution is 6.30. The van der Waals surface area contributed by atoms with Gasteiger partial charge in [0.25, 0.3) is 5.91 Å². The molecule has 2 rings (SSSR count). The van der Waals surface area contributed by atoms with Gasteiger partial charge in [-0.2, -0.15) is 0 Å². The Bertz CT molecular complexity index is 668. The van der Waals surface area contributed by atoms with Crippen LogP contribution in [0.5, 0.6) is 0 Å². The zero-order chi connectivity index (χ0) is 20.5. The van der Waals surface area contributed by atoms with E-state index in [1.165, 1.54) is 12.8 Å². The Balaban J connectivity index is 1.84. The van der Waals surface area contributed by atoms with Gasteiger partial charge in [0.2, 0.25) is 11.8 Å². The molecule has 1 atom stereocenters. The van der Waals surface area contributed by atoms with Gasteiger partial charge in [-0.25, -0.2) is 0 Å². The van der Waals surface area contributed by atoms with E-state index in [1.807, 2.05) is 18.7 Å². The van der Waals surface area contributed by atoms with Crippen LogP contribution < -0.4 is 10.6 Å². The summed E-state index contributed by atoms with van der Waals surface area (Å²) >= 11 is 5.84. The third-order valence-corrected chi connectivity index (χ3v) is 5.19. The molecular formula is C21H30ClN3O3. The number of halogens is 1. The molecule has 2 N–H and O–H groups in total. The van der Waals surface area contributed by atoms with E-state index in [0.29, 0.717) is 10.6 Å². The molecule has 3 amide bonds. The summed E-state index contributed by atoms with van der Waals surface area (Å²) in [4.78, 5) is 39.2. The van der Waals surface area contributed by atoms with Crippen LogP contribution in [0, 0.1) is 5.92 Å². The number of carbonyl (C=O) groups is 3. The van der Waals surface area contributed by atoms with Gasteiger partial charge in [-0.05, 0) is 43.0 Å². The lowest BCUT2D eigenvalue weighted by Crippen LogP contribution is -2.50. The first-order chi connectivity index (χ1) is 13.4. The first kappa shape index (κ1) is 22.2. The van der Waals surface area contributed by atoms with Crippen molar-refractivity contribution in [3.8, 4) is 0 Å². The summed E-state index contributed by atoms with van der Waals surface area (Å²) in [7, 11) is 0. The Hall–Kier alpha value is -2.08. The average molecular weight is 408 g/mol. The van der Waals surface area contributed by atoms with Crippen molar-refractivity contribution in [1.82, 2.24) is 15.5 Å². The van der Waals surface area contributed by atoms with Gasteiger partial charge < -0.3 is 15.5 Å². The van der Waals surface area contributed by atoms with Crippen molar-refractivity contribution in [3.63, 3.8) is 0 Å². The van der Waals surface area contributed by atoms with E-state index in [-0.39, 0.29) is 36.6 Å². The van der Waals surface area contributed by atoms with Crippen molar-refractivity contribution in [3.05, 3.63) is 34.9 Å². The Morgan fingerprint density at radius 1 is 1.04 bits per heavy atom. The maximum absolute atomic E-state index is 12.5. The lowest BCUT2D eigenvalue weighted by molar-refractivity contribution is -0.131. The number of amides is 3. The van der Waals surface area contributed by atoms with Gasteiger partial charge in [0.15, 0.2) is 0 Å². The lowest BCUT2D eigenvalue weighted by atomic mass is 10.0. The summed E-state index contributed by atoms with van der Waals surface area (Å²) in [5.74, 6) is -0.613. The second-order valence-electron chi connectivity index (χ2n) is 7.54. The Morgan fingerprint density at radius 2 is 1.64 bits per heavy atom. The number of likely N-dealkylation sites (tertiary alicyclic amines) is 1. The number of nitrogens with one attached hydrogen (secondary N) is 2. The van der Waals surface area contributed by atoms with Gasteiger partial charge in [0.1, 0.15) is 6.04 Å². The molecule has 28 heavy (non-hydrogen) atoms. The zero-order valence-electron chi connectivity index (χ0n) is 16.7. The van der Waals surface area contributed by atoms with Gasteiger partial charge in [0.05, 0.1) is 0 Å². The minimum Gasteiger partial charge on any atom is -0.354 e. The van der Waals surface area contributed by atoms with E-state index < -0.39 is 6.04 Å². The van der Waals surface area contributed by atoms with Gasteiger partial charge >= 0.3 is 0 Å². The van der Waals surface area contributed by atoms with Crippen LogP contribution in [-0.2, 0) is 9.59 Å². The molecule has 1 aliphatic rings. The van der Waals surface area contributed by atoms with Crippen molar-refractivity contribution in [1.29, 1.82) is 0 Å². The molecule has 1 fully saturated rings. The molecule has 0 bridgehead atoms. The summed E-state index contributed by atoms with van der Waals surface area (Å²) < 4.78 is 0.